The molecule has 5 nitrogen and oxygen atoms in total. The van der Waals surface area contributed by atoms with Gasteiger partial charge in [0, 0.05) is 12.7 Å². The molecule has 1 atom stereocenters. The molecule has 1 amide bonds. The van der Waals surface area contributed by atoms with Crippen molar-refractivity contribution >= 4 is 11.9 Å². The van der Waals surface area contributed by atoms with Gasteiger partial charge in [-0.1, -0.05) is 33.1 Å². The van der Waals surface area contributed by atoms with Crippen molar-refractivity contribution in [3.05, 3.63) is 29.6 Å². The molecular formula is C15H22N2O3. The van der Waals surface area contributed by atoms with Gasteiger partial charge in [-0.25, -0.2) is 4.79 Å². The molecule has 0 aliphatic carbocycles. The summed E-state index contributed by atoms with van der Waals surface area (Å²) in [6.45, 7) is 4.79. The Morgan fingerprint density at radius 1 is 1.40 bits per heavy atom. The molecule has 0 saturated carbocycles. The van der Waals surface area contributed by atoms with Gasteiger partial charge < -0.3 is 10.4 Å². The third kappa shape index (κ3) is 4.64. The van der Waals surface area contributed by atoms with E-state index in [1.54, 1.807) is 0 Å². The van der Waals surface area contributed by atoms with Gasteiger partial charge in [-0.3, -0.25) is 9.78 Å². The number of carboxylic acid groups (broad SMARTS) is 1. The van der Waals surface area contributed by atoms with E-state index < -0.39 is 11.9 Å². The molecule has 2 N–H and O–H groups in total. The average Bonchev–Trinajstić information content (AvgIpc) is 2.47. The normalized spacial score (nSPS) is 11.9. The molecular weight excluding hydrogens is 256 g/mol. The predicted molar refractivity (Wildman–Crippen MR) is 76.8 cm³/mol. The minimum Gasteiger partial charge on any atom is -0.478 e. The van der Waals surface area contributed by atoms with Crippen LogP contribution in [0.25, 0.3) is 0 Å². The van der Waals surface area contributed by atoms with E-state index in [2.05, 4.69) is 24.1 Å². The first-order chi connectivity index (χ1) is 9.60. The predicted octanol–water partition coefficient (Wildman–Crippen LogP) is 2.73. The van der Waals surface area contributed by atoms with Gasteiger partial charge in [0.1, 0.15) is 5.69 Å². The van der Waals surface area contributed by atoms with Crippen LogP contribution in [0.3, 0.4) is 0 Å². The minimum atomic E-state index is -1.14. The number of carboxylic acids is 1. The van der Waals surface area contributed by atoms with Crippen molar-refractivity contribution in [1.82, 2.24) is 10.3 Å². The van der Waals surface area contributed by atoms with Gasteiger partial charge >= 0.3 is 5.97 Å². The smallest absolute Gasteiger partial charge is 0.338 e. The fourth-order valence-electron chi connectivity index (χ4n) is 2.02. The zero-order valence-corrected chi connectivity index (χ0v) is 12.1. The van der Waals surface area contributed by atoms with Crippen LogP contribution in [0.2, 0.25) is 0 Å². The van der Waals surface area contributed by atoms with E-state index >= 15 is 0 Å². The highest BCUT2D eigenvalue weighted by molar-refractivity contribution is 6.03. The lowest BCUT2D eigenvalue weighted by molar-refractivity contribution is 0.0689. The van der Waals surface area contributed by atoms with E-state index in [-0.39, 0.29) is 11.3 Å². The number of aromatic nitrogens is 1. The van der Waals surface area contributed by atoms with Crippen LogP contribution < -0.4 is 5.32 Å². The summed E-state index contributed by atoms with van der Waals surface area (Å²) in [5.74, 6) is -1.13. The molecule has 0 radical (unpaired) electrons. The van der Waals surface area contributed by atoms with E-state index in [4.69, 9.17) is 5.11 Å². The first-order valence-corrected chi connectivity index (χ1v) is 7.06. The Morgan fingerprint density at radius 2 is 2.15 bits per heavy atom. The molecule has 1 rings (SSSR count). The van der Waals surface area contributed by atoms with Crippen molar-refractivity contribution < 1.29 is 14.7 Å². The number of amides is 1. The average molecular weight is 278 g/mol. The van der Waals surface area contributed by atoms with Gasteiger partial charge in [-0.15, -0.1) is 0 Å². The third-order valence-electron chi connectivity index (χ3n) is 3.35. The van der Waals surface area contributed by atoms with E-state index in [1.165, 1.54) is 18.3 Å². The second-order valence-corrected chi connectivity index (χ2v) is 4.83. The van der Waals surface area contributed by atoms with E-state index in [0.717, 1.165) is 25.7 Å². The Morgan fingerprint density at radius 3 is 2.75 bits per heavy atom. The summed E-state index contributed by atoms with van der Waals surface area (Å²) >= 11 is 0. The van der Waals surface area contributed by atoms with Gasteiger partial charge in [-0.2, -0.15) is 0 Å². The molecule has 0 spiro atoms. The molecule has 0 bridgehead atoms. The number of carbonyl (C=O) groups excluding carboxylic acids is 1. The first-order valence-electron chi connectivity index (χ1n) is 7.06. The van der Waals surface area contributed by atoms with Crippen molar-refractivity contribution in [1.29, 1.82) is 0 Å². The standard InChI is InChI=1S/C15H22N2O3/c1-3-5-7-11(4-2)10-17-14(18)13-12(15(19)20)8-6-9-16-13/h6,8-9,11H,3-5,7,10H2,1-2H3,(H,17,18)(H,19,20). The largest absolute Gasteiger partial charge is 0.478 e. The summed E-state index contributed by atoms with van der Waals surface area (Å²) < 4.78 is 0. The lowest BCUT2D eigenvalue weighted by Gasteiger charge is -2.15. The van der Waals surface area contributed by atoms with Crippen LogP contribution in [-0.2, 0) is 0 Å². The van der Waals surface area contributed by atoms with Gasteiger partial charge in [0.25, 0.3) is 5.91 Å². The molecule has 1 aromatic heterocycles. The second kappa shape index (κ2) is 8.30. The van der Waals surface area contributed by atoms with Crippen LogP contribution in [0.1, 0.15) is 60.4 Å². The van der Waals surface area contributed by atoms with E-state index in [0.29, 0.717) is 12.5 Å². The number of hydrogen-bond acceptors (Lipinski definition) is 3. The number of nitrogens with one attached hydrogen (secondary N) is 1. The Bertz CT molecular complexity index is 460. The molecule has 0 fully saturated rings. The highest BCUT2D eigenvalue weighted by Crippen LogP contribution is 2.12. The van der Waals surface area contributed by atoms with Gasteiger partial charge in [0.2, 0.25) is 0 Å². The monoisotopic (exact) mass is 278 g/mol. The molecule has 1 aromatic rings. The zero-order chi connectivity index (χ0) is 15.0. The third-order valence-corrected chi connectivity index (χ3v) is 3.35. The summed E-state index contributed by atoms with van der Waals surface area (Å²) in [4.78, 5) is 26.9. The summed E-state index contributed by atoms with van der Waals surface area (Å²) in [5, 5.41) is 11.8. The van der Waals surface area contributed by atoms with Crippen molar-refractivity contribution in [3.63, 3.8) is 0 Å². The van der Waals surface area contributed by atoms with Crippen LogP contribution in [0.4, 0.5) is 0 Å². The Balaban J connectivity index is 2.65. The van der Waals surface area contributed by atoms with Crippen molar-refractivity contribution in [2.24, 2.45) is 5.92 Å². The molecule has 0 aliphatic heterocycles. The number of carbonyl (C=O) groups is 2. The number of hydrogen-bond donors (Lipinski definition) is 2. The lowest BCUT2D eigenvalue weighted by atomic mass is 9.99. The molecule has 1 unspecified atom stereocenters. The van der Waals surface area contributed by atoms with Gasteiger partial charge in [0.15, 0.2) is 0 Å². The van der Waals surface area contributed by atoms with Crippen LogP contribution in [-0.4, -0.2) is 28.5 Å². The van der Waals surface area contributed by atoms with Crippen molar-refractivity contribution in [3.8, 4) is 0 Å². The highest BCUT2D eigenvalue weighted by Gasteiger charge is 2.18. The quantitative estimate of drug-likeness (QED) is 0.766. The molecule has 110 valence electrons. The maximum absolute atomic E-state index is 12.0. The highest BCUT2D eigenvalue weighted by atomic mass is 16.4. The van der Waals surface area contributed by atoms with Crippen LogP contribution in [0, 0.1) is 5.92 Å². The maximum atomic E-state index is 12.0. The summed E-state index contributed by atoms with van der Waals surface area (Å²) in [5.41, 5.74) is -0.0862. The summed E-state index contributed by atoms with van der Waals surface area (Å²) in [7, 11) is 0. The molecule has 20 heavy (non-hydrogen) atoms. The molecule has 1 heterocycles. The molecule has 0 saturated heterocycles. The summed E-state index contributed by atoms with van der Waals surface area (Å²) in [6, 6.07) is 2.90. The fraction of sp³-hybridized carbons (Fsp3) is 0.533. The topological polar surface area (TPSA) is 79.3 Å². The van der Waals surface area contributed by atoms with Crippen LogP contribution in [0.15, 0.2) is 18.3 Å². The maximum Gasteiger partial charge on any atom is 0.338 e. The molecule has 5 heteroatoms. The number of aromatic carboxylic acids is 1. The fourth-order valence-corrected chi connectivity index (χ4v) is 2.02. The summed E-state index contributed by atoms with van der Waals surface area (Å²) in [6.07, 6.45) is 5.76. The SMILES string of the molecule is CCCCC(CC)CNC(=O)c1ncccc1C(=O)O. The van der Waals surface area contributed by atoms with Crippen molar-refractivity contribution in [2.75, 3.05) is 6.54 Å². The van der Waals surface area contributed by atoms with Gasteiger partial charge in [0.05, 0.1) is 5.56 Å². The lowest BCUT2D eigenvalue weighted by Crippen LogP contribution is -2.31. The van der Waals surface area contributed by atoms with Crippen LogP contribution in [0.5, 0.6) is 0 Å². The number of rotatable bonds is 8. The first kappa shape index (κ1) is 16.1. The number of pyridine rings is 1. The number of unbranched alkanes of at least 4 members (excludes halogenated alkanes) is 1. The Labute approximate surface area is 119 Å². The second-order valence-electron chi connectivity index (χ2n) is 4.83. The van der Waals surface area contributed by atoms with E-state index in [9.17, 15) is 9.59 Å². The molecule has 0 aliphatic rings. The minimum absolute atomic E-state index is 0.0228. The number of nitrogens with zero attached hydrogens (tertiary/aromatic N) is 1. The Hall–Kier alpha value is -1.91. The molecule has 0 aromatic carbocycles. The van der Waals surface area contributed by atoms with E-state index in [1.807, 2.05) is 0 Å². The van der Waals surface area contributed by atoms with Crippen molar-refractivity contribution in [2.45, 2.75) is 39.5 Å². The van der Waals surface area contributed by atoms with Crippen LogP contribution >= 0.6 is 0 Å². The zero-order valence-electron chi connectivity index (χ0n) is 12.1. The van der Waals surface area contributed by atoms with Gasteiger partial charge in [-0.05, 0) is 24.5 Å². The Kier molecular flexibility index (Phi) is 6.70.